The number of fused-ring (bicyclic) bond motifs is 1. The van der Waals surface area contributed by atoms with Crippen LogP contribution >= 0.6 is 0 Å². The highest BCUT2D eigenvalue weighted by Crippen LogP contribution is 2.32. The molecule has 0 atom stereocenters. The Kier molecular flexibility index (Phi) is 2.14. The zero-order valence-electron chi connectivity index (χ0n) is 7.64. The molecule has 0 saturated carbocycles. The van der Waals surface area contributed by atoms with E-state index in [1.165, 1.54) is 12.1 Å². The van der Waals surface area contributed by atoms with Crippen molar-refractivity contribution >= 4 is 11.9 Å². The highest BCUT2D eigenvalue weighted by Gasteiger charge is 2.34. The average Bonchev–Trinajstić information content (AvgIpc) is 2.42. The van der Waals surface area contributed by atoms with E-state index in [1.54, 1.807) is 18.2 Å². The first-order valence-corrected chi connectivity index (χ1v) is 4.38. The fourth-order valence-corrected chi connectivity index (χ4v) is 1.60. The number of allylic oxidation sites excluding steroid dienone is 1. The molecule has 4 heteroatoms. The molecule has 78 valence electrons. The highest BCUT2D eigenvalue weighted by molar-refractivity contribution is 6.17. The Labute approximate surface area is 84.2 Å². The summed E-state index contributed by atoms with van der Waals surface area (Å²) in [5.74, 6) is -0.511. The summed E-state index contributed by atoms with van der Waals surface area (Å²) in [6, 6.07) is 6.51. The maximum atomic E-state index is 12.1. The molecule has 0 aromatic heterocycles. The van der Waals surface area contributed by atoms with Gasteiger partial charge in [-0.15, -0.1) is 0 Å². The molecule has 1 aromatic carbocycles. The van der Waals surface area contributed by atoms with Gasteiger partial charge in [-0.2, -0.15) is 13.2 Å². The summed E-state index contributed by atoms with van der Waals surface area (Å²) >= 11 is 0. The Morgan fingerprint density at radius 3 is 2.40 bits per heavy atom. The van der Waals surface area contributed by atoms with E-state index in [4.69, 9.17) is 0 Å². The van der Waals surface area contributed by atoms with Crippen molar-refractivity contribution in [2.24, 2.45) is 0 Å². The van der Waals surface area contributed by atoms with Crippen LogP contribution in [0.25, 0.3) is 6.08 Å². The topological polar surface area (TPSA) is 17.1 Å². The van der Waals surface area contributed by atoms with Crippen molar-refractivity contribution in [3.8, 4) is 0 Å². The molecule has 0 spiro atoms. The van der Waals surface area contributed by atoms with E-state index in [9.17, 15) is 18.0 Å². The van der Waals surface area contributed by atoms with Crippen LogP contribution in [0.2, 0.25) is 0 Å². The Hall–Kier alpha value is -1.58. The zero-order valence-corrected chi connectivity index (χ0v) is 7.64. The van der Waals surface area contributed by atoms with E-state index in [-0.39, 0.29) is 5.57 Å². The molecular weight excluding hydrogens is 205 g/mol. The van der Waals surface area contributed by atoms with Gasteiger partial charge in [0.05, 0.1) is 6.42 Å². The Morgan fingerprint density at radius 2 is 1.80 bits per heavy atom. The lowest BCUT2D eigenvalue weighted by Gasteiger charge is -2.05. The third kappa shape index (κ3) is 1.93. The molecule has 0 heterocycles. The van der Waals surface area contributed by atoms with Crippen LogP contribution in [-0.4, -0.2) is 12.0 Å². The number of carbonyl (C=O) groups is 1. The average molecular weight is 212 g/mol. The molecule has 0 bridgehead atoms. The van der Waals surface area contributed by atoms with Gasteiger partial charge in [-0.25, -0.2) is 0 Å². The minimum Gasteiger partial charge on any atom is -0.289 e. The number of Topliss-reactive ketones (excluding diaryl/α,β-unsaturated/α-hetero) is 1. The van der Waals surface area contributed by atoms with Crippen molar-refractivity contribution in [3.63, 3.8) is 0 Å². The van der Waals surface area contributed by atoms with E-state index in [0.717, 1.165) is 0 Å². The minimum atomic E-state index is -4.33. The third-order valence-electron chi connectivity index (χ3n) is 2.22. The Bertz CT molecular complexity index is 443. The fraction of sp³-hybridized carbons (Fsp3) is 0.182. The van der Waals surface area contributed by atoms with E-state index in [2.05, 4.69) is 0 Å². The van der Waals surface area contributed by atoms with E-state index >= 15 is 0 Å². The summed E-state index contributed by atoms with van der Waals surface area (Å²) < 4.78 is 36.3. The fourth-order valence-electron chi connectivity index (χ4n) is 1.60. The molecular formula is C11H7F3O. The van der Waals surface area contributed by atoms with Gasteiger partial charge < -0.3 is 0 Å². The van der Waals surface area contributed by atoms with Crippen LogP contribution in [0, 0.1) is 0 Å². The van der Waals surface area contributed by atoms with Crippen molar-refractivity contribution in [2.75, 3.05) is 0 Å². The summed E-state index contributed by atoms with van der Waals surface area (Å²) in [6.45, 7) is 0. The third-order valence-corrected chi connectivity index (χ3v) is 2.22. The number of rotatable bonds is 1. The van der Waals surface area contributed by atoms with E-state index < -0.39 is 18.4 Å². The van der Waals surface area contributed by atoms with Gasteiger partial charge in [0.25, 0.3) is 0 Å². The summed E-state index contributed by atoms with van der Waals surface area (Å²) in [4.78, 5) is 11.5. The second-order valence-electron chi connectivity index (χ2n) is 3.38. The molecule has 2 rings (SSSR count). The first kappa shape index (κ1) is 9.96. The van der Waals surface area contributed by atoms with Crippen molar-refractivity contribution in [1.29, 1.82) is 0 Å². The number of halogens is 3. The molecule has 1 nitrogen and oxygen atoms in total. The van der Waals surface area contributed by atoms with Gasteiger partial charge in [-0.1, -0.05) is 24.3 Å². The summed E-state index contributed by atoms with van der Waals surface area (Å²) in [5, 5.41) is 0. The predicted octanol–water partition coefficient (Wildman–Crippen LogP) is 3.22. The summed E-state index contributed by atoms with van der Waals surface area (Å²) in [6.07, 6.45) is -4.17. The molecule has 0 amide bonds. The lowest BCUT2D eigenvalue weighted by molar-refractivity contribution is -0.126. The minimum absolute atomic E-state index is 0.177. The largest absolute Gasteiger partial charge is 0.393 e. The predicted molar refractivity (Wildman–Crippen MR) is 49.4 cm³/mol. The van der Waals surface area contributed by atoms with Crippen LogP contribution in [-0.2, 0) is 0 Å². The molecule has 1 aliphatic rings. The number of carbonyl (C=O) groups excluding carboxylic acids is 1. The molecule has 15 heavy (non-hydrogen) atoms. The number of benzene rings is 1. The normalized spacial score (nSPS) is 15.1. The first-order chi connectivity index (χ1) is 6.97. The van der Waals surface area contributed by atoms with E-state index in [0.29, 0.717) is 11.1 Å². The van der Waals surface area contributed by atoms with Crippen LogP contribution in [0.3, 0.4) is 0 Å². The molecule has 0 saturated heterocycles. The van der Waals surface area contributed by atoms with Crippen molar-refractivity contribution in [1.82, 2.24) is 0 Å². The second kappa shape index (κ2) is 3.22. The Morgan fingerprint density at radius 1 is 1.13 bits per heavy atom. The number of hydrogen-bond donors (Lipinski definition) is 0. The van der Waals surface area contributed by atoms with Crippen molar-refractivity contribution < 1.29 is 18.0 Å². The lowest BCUT2D eigenvalue weighted by Crippen LogP contribution is -2.11. The van der Waals surface area contributed by atoms with Crippen molar-refractivity contribution in [3.05, 3.63) is 41.0 Å². The molecule has 0 unspecified atom stereocenters. The number of hydrogen-bond acceptors (Lipinski definition) is 1. The van der Waals surface area contributed by atoms with Gasteiger partial charge in [0, 0.05) is 11.1 Å². The van der Waals surface area contributed by atoms with Gasteiger partial charge >= 0.3 is 6.18 Å². The van der Waals surface area contributed by atoms with Gasteiger partial charge in [0.2, 0.25) is 0 Å². The monoisotopic (exact) mass is 212 g/mol. The molecule has 1 aromatic rings. The zero-order chi connectivity index (χ0) is 11.1. The first-order valence-electron chi connectivity index (χ1n) is 4.38. The smallest absolute Gasteiger partial charge is 0.289 e. The van der Waals surface area contributed by atoms with Gasteiger partial charge in [-0.3, -0.25) is 4.79 Å². The maximum absolute atomic E-state index is 12.1. The van der Waals surface area contributed by atoms with Crippen LogP contribution in [0.15, 0.2) is 29.8 Å². The highest BCUT2D eigenvalue weighted by atomic mass is 19.4. The molecule has 0 N–H and O–H groups in total. The standard InChI is InChI=1S/C11H7F3O/c12-11(13,14)6-8-5-7-3-1-2-4-9(7)10(8)15/h1-5H,6H2. The van der Waals surface area contributed by atoms with Crippen LogP contribution in [0.4, 0.5) is 13.2 Å². The Balaban J connectivity index is 2.31. The maximum Gasteiger partial charge on any atom is 0.393 e. The van der Waals surface area contributed by atoms with Gasteiger partial charge in [-0.05, 0) is 11.6 Å². The van der Waals surface area contributed by atoms with Crippen LogP contribution in [0.1, 0.15) is 22.3 Å². The number of ketones is 1. The van der Waals surface area contributed by atoms with Crippen molar-refractivity contribution in [2.45, 2.75) is 12.6 Å². The van der Waals surface area contributed by atoms with Gasteiger partial charge in [0.15, 0.2) is 5.78 Å². The summed E-state index contributed by atoms with van der Waals surface area (Å²) in [5.41, 5.74) is 0.752. The molecule has 1 aliphatic carbocycles. The SMILES string of the molecule is O=C1C(CC(F)(F)F)=Cc2ccccc21. The number of alkyl halides is 3. The van der Waals surface area contributed by atoms with Crippen LogP contribution in [0.5, 0.6) is 0 Å². The van der Waals surface area contributed by atoms with Crippen LogP contribution < -0.4 is 0 Å². The lowest BCUT2D eigenvalue weighted by atomic mass is 10.1. The second-order valence-corrected chi connectivity index (χ2v) is 3.38. The molecule has 0 aliphatic heterocycles. The summed E-state index contributed by atoms with van der Waals surface area (Å²) in [7, 11) is 0. The van der Waals surface area contributed by atoms with Gasteiger partial charge in [0.1, 0.15) is 0 Å². The molecule has 0 fully saturated rings. The van der Waals surface area contributed by atoms with E-state index in [1.807, 2.05) is 0 Å². The quantitative estimate of drug-likeness (QED) is 0.698. The molecule has 0 radical (unpaired) electrons.